The fourth-order valence-electron chi connectivity index (χ4n) is 3.55. The number of nitrogens with one attached hydrogen (secondary N) is 3. The highest BCUT2D eigenvalue weighted by Crippen LogP contribution is 2.31. The summed E-state index contributed by atoms with van der Waals surface area (Å²) in [4.78, 5) is 33.5. The van der Waals surface area contributed by atoms with Crippen LogP contribution in [-0.2, 0) is 4.79 Å². The summed E-state index contributed by atoms with van der Waals surface area (Å²) in [5.41, 5.74) is 2.93. The van der Waals surface area contributed by atoms with Crippen LogP contribution in [0.25, 0.3) is 33.4 Å². The fraction of sp³-hybridized carbons (Fsp3) is 0.280. The van der Waals surface area contributed by atoms with Crippen molar-refractivity contribution >= 4 is 22.6 Å². The van der Waals surface area contributed by atoms with E-state index in [0.29, 0.717) is 35.5 Å². The maximum absolute atomic E-state index is 12.5. The second kappa shape index (κ2) is 9.88. The van der Waals surface area contributed by atoms with Crippen LogP contribution >= 0.6 is 0 Å². The zero-order chi connectivity index (χ0) is 24.2. The second-order valence-electron chi connectivity index (χ2n) is 8.80. The minimum Gasteiger partial charge on any atom is -0.493 e. The van der Waals surface area contributed by atoms with E-state index in [4.69, 9.17) is 4.74 Å². The average Bonchev–Trinajstić information content (AvgIpc) is 3.18. The first-order chi connectivity index (χ1) is 16.3. The Labute approximate surface area is 197 Å². The Balaban J connectivity index is 1.71. The second-order valence-corrected chi connectivity index (χ2v) is 8.80. The van der Waals surface area contributed by atoms with Crippen LogP contribution in [0, 0.1) is 5.92 Å². The van der Waals surface area contributed by atoms with Gasteiger partial charge in [-0.05, 0) is 50.3 Å². The van der Waals surface area contributed by atoms with E-state index < -0.39 is 5.69 Å². The van der Waals surface area contributed by atoms with E-state index in [2.05, 4.69) is 39.3 Å². The van der Waals surface area contributed by atoms with Crippen molar-refractivity contribution in [3.63, 3.8) is 0 Å². The van der Waals surface area contributed by atoms with Gasteiger partial charge in [-0.3, -0.25) is 9.89 Å². The summed E-state index contributed by atoms with van der Waals surface area (Å²) in [6, 6.07) is 15.0. The van der Waals surface area contributed by atoms with Gasteiger partial charge in [0.1, 0.15) is 5.75 Å². The third kappa shape index (κ3) is 5.32. The predicted molar refractivity (Wildman–Crippen MR) is 133 cm³/mol. The molecule has 0 spiro atoms. The molecule has 0 bridgehead atoms. The van der Waals surface area contributed by atoms with Crippen molar-refractivity contribution in [2.45, 2.75) is 13.8 Å². The first-order valence-electron chi connectivity index (χ1n) is 11.1. The Bertz CT molecular complexity index is 1370. The standard InChI is InChI=1S/C25H28N6O3/c1-15(2)14-34-22-8-6-5-7-17(22)21-12-20(26-25(33)27-21)16-9-10-19-18(11-16)24(30-29-19)28-23(32)13-31(3)4/h5-12,15H,13-14H2,1-4H3,(H,26,27,33)(H2,28,29,30,32). The molecule has 0 fully saturated rings. The lowest BCUT2D eigenvalue weighted by molar-refractivity contribution is -0.116. The molecule has 2 heterocycles. The van der Waals surface area contributed by atoms with Gasteiger partial charge >= 0.3 is 5.69 Å². The number of ether oxygens (including phenoxy) is 1. The smallest absolute Gasteiger partial charge is 0.345 e. The molecule has 4 rings (SSSR count). The van der Waals surface area contributed by atoms with E-state index >= 15 is 0 Å². The molecule has 4 aromatic rings. The number of H-pyrrole nitrogens is 2. The number of likely N-dealkylation sites (N-methyl/N-ethyl adjacent to an activating group) is 1. The quantitative estimate of drug-likeness (QED) is 0.371. The van der Waals surface area contributed by atoms with Gasteiger partial charge in [-0.15, -0.1) is 0 Å². The van der Waals surface area contributed by atoms with Crippen molar-refractivity contribution in [2.24, 2.45) is 5.92 Å². The van der Waals surface area contributed by atoms with Gasteiger partial charge in [0.15, 0.2) is 5.82 Å². The number of hydrogen-bond donors (Lipinski definition) is 3. The number of hydrogen-bond acceptors (Lipinski definition) is 6. The predicted octanol–water partition coefficient (Wildman–Crippen LogP) is 3.52. The van der Waals surface area contributed by atoms with Gasteiger partial charge in [0.25, 0.3) is 0 Å². The van der Waals surface area contributed by atoms with Crippen molar-refractivity contribution < 1.29 is 9.53 Å². The lowest BCUT2D eigenvalue weighted by atomic mass is 10.1. The van der Waals surface area contributed by atoms with Crippen LogP contribution < -0.4 is 15.7 Å². The molecule has 0 unspecified atom stereocenters. The van der Waals surface area contributed by atoms with E-state index in [1.807, 2.05) is 62.6 Å². The summed E-state index contributed by atoms with van der Waals surface area (Å²) in [7, 11) is 3.64. The molecule has 0 aliphatic carbocycles. The molecule has 9 heteroatoms. The molecule has 1 amide bonds. The van der Waals surface area contributed by atoms with Crippen molar-refractivity contribution in [3.05, 3.63) is 59.0 Å². The largest absolute Gasteiger partial charge is 0.493 e. The van der Waals surface area contributed by atoms with Gasteiger partial charge in [0, 0.05) is 16.5 Å². The topological polar surface area (TPSA) is 116 Å². The molecular weight excluding hydrogens is 432 g/mol. The number of para-hydroxylation sites is 1. The van der Waals surface area contributed by atoms with Crippen molar-refractivity contribution in [1.82, 2.24) is 25.1 Å². The van der Waals surface area contributed by atoms with Crippen LogP contribution in [0.4, 0.5) is 5.82 Å². The lowest BCUT2D eigenvalue weighted by Crippen LogP contribution is -2.27. The minimum absolute atomic E-state index is 0.168. The number of nitrogens with zero attached hydrogens (tertiary/aromatic N) is 3. The molecule has 0 atom stereocenters. The van der Waals surface area contributed by atoms with Crippen LogP contribution in [0.15, 0.2) is 53.3 Å². The van der Waals surface area contributed by atoms with Gasteiger partial charge in [0.05, 0.1) is 30.1 Å². The first kappa shape index (κ1) is 23.2. The van der Waals surface area contributed by atoms with E-state index in [1.54, 1.807) is 4.90 Å². The molecule has 3 N–H and O–H groups in total. The molecule has 0 aliphatic heterocycles. The average molecular weight is 461 g/mol. The van der Waals surface area contributed by atoms with Crippen LogP contribution in [0.5, 0.6) is 5.75 Å². The van der Waals surface area contributed by atoms with E-state index in [-0.39, 0.29) is 12.5 Å². The summed E-state index contributed by atoms with van der Waals surface area (Å²) < 4.78 is 5.97. The van der Waals surface area contributed by atoms with Crippen LogP contribution in [0.3, 0.4) is 0 Å². The number of aromatic nitrogens is 4. The Kier molecular flexibility index (Phi) is 6.74. The number of amides is 1. The zero-order valence-corrected chi connectivity index (χ0v) is 19.7. The Morgan fingerprint density at radius 2 is 1.94 bits per heavy atom. The van der Waals surface area contributed by atoms with Gasteiger partial charge in [-0.2, -0.15) is 10.1 Å². The molecule has 176 valence electrons. The van der Waals surface area contributed by atoms with E-state index in [1.165, 1.54) is 0 Å². The maximum atomic E-state index is 12.5. The number of rotatable bonds is 8. The van der Waals surface area contributed by atoms with E-state index in [9.17, 15) is 9.59 Å². The number of benzene rings is 2. The number of anilines is 1. The molecule has 2 aromatic carbocycles. The van der Waals surface area contributed by atoms with Gasteiger partial charge in [-0.25, -0.2) is 4.79 Å². The molecular formula is C25H28N6O3. The molecule has 9 nitrogen and oxygen atoms in total. The normalized spacial score (nSPS) is 11.4. The third-order valence-electron chi connectivity index (χ3n) is 5.07. The number of carbonyl (C=O) groups excluding carboxylic acids is 1. The lowest BCUT2D eigenvalue weighted by Gasteiger charge is -2.13. The summed E-state index contributed by atoms with van der Waals surface area (Å²) in [6.45, 7) is 4.97. The van der Waals surface area contributed by atoms with Crippen LogP contribution in [-0.4, -0.2) is 58.2 Å². The Hall–Kier alpha value is -3.98. The number of fused-ring (bicyclic) bond motifs is 1. The van der Waals surface area contributed by atoms with Crippen molar-refractivity contribution in [1.29, 1.82) is 0 Å². The Morgan fingerprint density at radius 3 is 2.71 bits per heavy atom. The van der Waals surface area contributed by atoms with Gasteiger partial charge in [0.2, 0.25) is 5.91 Å². The molecule has 0 saturated heterocycles. The van der Waals surface area contributed by atoms with Crippen molar-refractivity contribution in [2.75, 3.05) is 32.6 Å². The summed E-state index contributed by atoms with van der Waals surface area (Å²) >= 11 is 0. The monoisotopic (exact) mass is 460 g/mol. The zero-order valence-electron chi connectivity index (χ0n) is 19.7. The maximum Gasteiger partial charge on any atom is 0.345 e. The summed E-state index contributed by atoms with van der Waals surface area (Å²) in [6.07, 6.45) is 0. The molecule has 0 aliphatic rings. The van der Waals surface area contributed by atoms with Crippen LogP contribution in [0.1, 0.15) is 13.8 Å². The van der Waals surface area contributed by atoms with Gasteiger partial charge in [-0.1, -0.05) is 32.0 Å². The molecule has 2 aromatic heterocycles. The van der Waals surface area contributed by atoms with Crippen LogP contribution in [0.2, 0.25) is 0 Å². The summed E-state index contributed by atoms with van der Waals surface area (Å²) in [5.74, 6) is 1.33. The van der Waals surface area contributed by atoms with Gasteiger partial charge < -0.3 is 19.9 Å². The Morgan fingerprint density at radius 1 is 1.15 bits per heavy atom. The number of aromatic amines is 2. The highest BCUT2D eigenvalue weighted by Gasteiger charge is 2.14. The highest BCUT2D eigenvalue weighted by molar-refractivity contribution is 6.01. The number of carbonyl (C=O) groups is 1. The minimum atomic E-state index is -0.460. The van der Waals surface area contributed by atoms with E-state index in [0.717, 1.165) is 22.0 Å². The van der Waals surface area contributed by atoms with Crippen molar-refractivity contribution in [3.8, 4) is 28.3 Å². The highest BCUT2D eigenvalue weighted by atomic mass is 16.5. The molecule has 34 heavy (non-hydrogen) atoms. The fourth-order valence-corrected chi connectivity index (χ4v) is 3.55. The molecule has 0 radical (unpaired) electrons. The SMILES string of the molecule is CC(C)COc1ccccc1-c1cc(-c2ccc3[nH]nc(NC(=O)CN(C)C)c3c2)nc(=O)[nH]1. The molecule has 0 saturated carbocycles. The summed E-state index contributed by atoms with van der Waals surface area (Å²) in [5, 5.41) is 10.7. The third-order valence-corrected chi connectivity index (χ3v) is 5.07. The first-order valence-corrected chi connectivity index (χ1v) is 11.1.